The molecule has 0 spiro atoms. The van der Waals surface area contributed by atoms with Crippen LogP contribution in [0.5, 0.6) is 0 Å². The quantitative estimate of drug-likeness (QED) is 0.667. The molecule has 1 amide bonds. The Kier molecular flexibility index (Phi) is 6.08. The van der Waals surface area contributed by atoms with Gasteiger partial charge >= 0.3 is 12.1 Å². The molecule has 0 saturated carbocycles. The average molecular weight is 420 g/mol. The van der Waals surface area contributed by atoms with Crippen molar-refractivity contribution in [2.75, 3.05) is 5.32 Å². The van der Waals surface area contributed by atoms with E-state index < -0.39 is 23.7 Å². The first kappa shape index (κ1) is 21.1. The third kappa shape index (κ3) is 4.74. The van der Waals surface area contributed by atoms with Crippen molar-refractivity contribution in [2.24, 2.45) is 0 Å². The molecule has 2 aromatic rings. The molecule has 0 fully saturated rings. The Balaban J connectivity index is 2.22. The van der Waals surface area contributed by atoms with E-state index in [1.807, 2.05) is 5.32 Å². The molecular weight excluding hydrogens is 407 g/mol. The van der Waals surface area contributed by atoms with Gasteiger partial charge in [0.25, 0.3) is 5.91 Å². The van der Waals surface area contributed by atoms with Gasteiger partial charge in [0.15, 0.2) is 0 Å². The lowest BCUT2D eigenvalue weighted by molar-refractivity contribution is -0.242. The number of alkyl halides is 3. The predicted octanol–water partition coefficient (Wildman–Crippen LogP) is 4.44. The average Bonchev–Trinajstić information content (AvgIpc) is 2.56. The van der Waals surface area contributed by atoms with E-state index in [2.05, 4.69) is 0 Å². The number of amides is 1. The first-order valence-corrected chi connectivity index (χ1v) is 8.53. The summed E-state index contributed by atoms with van der Waals surface area (Å²) >= 11 is 7.09. The number of carbonyl (C=O) groups is 2. The summed E-state index contributed by atoms with van der Waals surface area (Å²) in [4.78, 5) is 23.9. The third-order valence-electron chi connectivity index (χ3n) is 3.53. The van der Waals surface area contributed by atoms with Crippen molar-refractivity contribution >= 4 is 40.9 Å². The van der Waals surface area contributed by atoms with Crippen molar-refractivity contribution in [3.63, 3.8) is 0 Å². The van der Waals surface area contributed by atoms with Gasteiger partial charge < -0.3 is 15.5 Å². The fraction of sp³-hybridized carbons (Fsp3) is 0.176. The number of anilines is 1. The molecule has 0 saturated heterocycles. The maximum atomic E-state index is 12.7. The fourth-order valence-corrected chi connectivity index (χ4v) is 3.16. The molecule has 27 heavy (non-hydrogen) atoms. The van der Waals surface area contributed by atoms with Crippen LogP contribution in [0, 0.1) is 0 Å². The lowest BCUT2D eigenvalue weighted by atomic mass is 10.1. The minimum Gasteiger partial charge on any atom is -0.478 e. The van der Waals surface area contributed by atoms with Crippen LogP contribution < -0.4 is 5.32 Å². The second-order valence-electron chi connectivity index (χ2n) is 5.57. The van der Waals surface area contributed by atoms with E-state index in [9.17, 15) is 33.0 Å². The molecule has 1 unspecified atom stereocenters. The van der Waals surface area contributed by atoms with Crippen LogP contribution in [-0.2, 0) is 4.79 Å². The number of benzene rings is 2. The van der Waals surface area contributed by atoms with E-state index in [1.54, 1.807) is 18.2 Å². The SMILES string of the molecule is CC(O)(C(=O)Nc1ccc(Sc2ccccc2C(=O)O)cc1Cl)C(F)(F)F. The first-order chi connectivity index (χ1) is 12.4. The Morgan fingerprint density at radius 2 is 1.78 bits per heavy atom. The zero-order valence-electron chi connectivity index (χ0n) is 13.7. The normalized spacial score (nSPS) is 13.7. The van der Waals surface area contributed by atoms with Gasteiger partial charge in [0.05, 0.1) is 16.3 Å². The van der Waals surface area contributed by atoms with Crippen molar-refractivity contribution in [3.8, 4) is 0 Å². The number of rotatable bonds is 5. The van der Waals surface area contributed by atoms with Crippen molar-refractivity contribution in [2.45, 2.75) is 28.5 Å². The number of nitrogens with one attached hydrogen (secondary N) is 1. The van der Waals surface area contributed by atoms with Crippen molar-refractivity contribution in [3.05, 3.63) is 53.1 Å². The molecule has 144 valence electrons. The lowest BCUT2D eigenvalue weighted by Gasteiger charge is -2.25. The summed E-state index contributed by atoms with van der Waals surface area (Å²) in [5.41, 5.74) is -3.62. The van der Waals surface area contributed by atoms with Crippen molar-refractivity contribution in [1.82, 2.24) is 0 Å². The second-order valence-corrected chi connectivity index (χ2v) is 7.09. The highest BCUT2D eigenvalue weighted by atomic mass is 35.5. The van der Waals surface area contributed by atoms with Gasteiger partial charge in [0.1, 0.15) is 0 Å². The van der Waals surface area contributed by atoms with E-state index in [4.69, 9.17) is 11.6 Å². The van der Waals surface area contributed by atoms with Crippen LogP contribution in [0.25, 0.3) is 0 Å². The molecule has 1 atom stereocenters. The topological polar surface area (TPSA) is 86.6 Å². The van der Waals surface area contributed by atoms with Gasteiger partial charge in [-0.15, -0.1) is 0 Å². The highest BCUT2D eigenvalue weighted by Crippen LogP contribution is 2.36. The van der Waals surface area contributed by atoms with E-state index in [0.717, 1.165) is 11.8 Å². The fourth-order valence-electron chi connectivity index (χ4n) is 1.89. The second kappa shape index (κ2) is 7.79. The maximum absolute atomic E-state index is 12.7. The number of hydrogen-bond acceptors (Lipinski definition) is 4. The van der Waals surface area contributed by atoms with Crippen molar-refractivity contribution in [1.29, 1.82) is 0 Å². The highest BCUT2D eigenvalue weighted by Gasteiger charge is 2.55. The standard InChI is InChI=1S/C17H13ClF3NO4S/c1-16(26,17(19,20)21)15(25)22-12-7-6-9(8-11(12)18)27-13-5-3-2-4-10(13)14(23)24/h2-8,26H,1H3,(H,22,25)(H,23,24). The first-order valence-electron chi connectivity index (χ1n) is 7.34. The summed E-state index contributed by atoms with van der Waals surface area (Å²) in [7, 11) is 0. The van der Waals surface area contributed by atoms with Crippen LogP contribution in [0.1, 0.15) is 17.3 Å². The summed E-state index contributed by atoms with van der Waals surface area (Å²) in [6.45, 7) is 0.337. The number of carbonyl (C=O) groups excluding carboxylic acids is 1. The summed E-state index contributed by atoms with van der Waals surface area (Å²) in [5, 5.41) is 20.4. The monoisotopic (exact) mass is 419 g/mol. The Bertz CT molecular complexity index is 887. The summed E-state index contributed by atoms with van der Waals surface area (Å²) in [6, 6.07) is 10.3. The minimum atomic E-state index is -5.15. The molecule has 0 aliphatic heterocycles. The summed E-state index contributed by atoms with van der Waals surface area (Å²) < 4.78 is 38.1. The molecular formula is C17H13ClF3NO4S. The number of hydrogen-bond donors (Lipinski definition) is 3. The van der Waals surface area contributed by atoms with Gasteiger partial charge in [0.2, 0.25) is 5.60 Å². The molecule has 0 radical (unpaired) electrons. The van der Waals surface area contributed by atoms with E-state index in [-0.39, 0.29) is 16.3 Å². The number of halogens is 4. The van der Waals surface area contributed by atoms with Gasteiger partial charge in [-0.25, -0.2) is 4.79 Å². The molecule has 0 aliphatic rings. The van der Waals surface area contributed by atoms with Gasteiger partial charge in [-0.2, -0.15) is 13.2 Å². The largest absolute Gasteiger partial charge is 0.478 e. The molecule has 0 heterocycles. The van der Waals surface area contributed by atoms with Crippen LogP contribution in [0.4, 0.5) is 18.9 Å². The number of aromatic carboxylic acids is 1. The third-order valence-corrected chi connectivity index (χ3v) is 4.91. The molecule has 0 bridgehead atoms. The molecule has 5 nitrogen and oxygen atoms in total. The number of carboxylic acids is 1. The minimum absolute atomic E-state index is 0.0702. The van der Waals surface area contributed by atoms with Crippen molar-refractivity contribution < 1.29 is 33.0 Å². The number of aliphatic hydroxyl groups is 1. The predicted molar refractivity (Wildman–Crippen MR) is 94.3 cm³/mol. The molecule has 2 rings (SSSR count). The molecule has 10 heteroatoms. The summed E-state index contributed by atoms with van der Waals surface area (Å²) in [5.74, 6) is -2.78. The smallest absolute Gasteiger partial charge is 0.426 e. The Hall–Kier alpha value is -2.23. The van der Waals surface area contributed by atoms with Crippen LogP contribution >= 0.6 is 23.4 Å². The van der Waals surface area contributed by atoms with E-state index in [1.165, 1.54) is 24.3 Å². The maximum Gasteiger partial charge on any atom is 0.426 e. The van der Waals surface area contributed by atoms with Crippen LogP contribution in [0.2, 0.25) is 5.02 Å². The van der Waals surface area contributed by atoms with E-state index >= 15 is 0 Å². The van der Waals surface area contributed by atoms with Gasteiger partial charge in [-0.3, -0.25) is 4.79 Å². The van der Waals surface area contributed by atoms with Crippen LogP contribution in [-0.4, -0.2) is 33.9 Å². The van der Waals surface area contributed by atoms with Gasteiger partial charge in [0, 0.05) is 9.79 Å². The Labute approximate surface area is 161 Å². The zero-order chi connectivity index (χ0) is 20.4. The summed E-state index contributed by atoms with van der Waals surface area (Å²) in [6.07, 6.45) is -5.15. The highest BCUT2D eigenvalue weighted by molar-refractivity contribution is 7.99. The molecule has 2 aromatic carbocycles. The molecule has 3 N–H and O–H groups in total. The van der Waals surface area contributed by atoms with Crippen LogP contribution in [0.15, 0.2) is 52.3 Å². The Morgan fingerprint density at radius 3 is 2.33 bits per heavy atom. The number of carboxylic acid groups (broad SMARTS) is 1. The zero-order valence-corrected chi connectivity index (χ0v) is 15.2. The van der Waals surface area contributed by atoms with Gasteiger partial charge in [-0.1, -0.05) is 35.5 Å². The van der Waals surface area contributed by atoms with Crippen LogP contribution in [0.3, 0.4) is 0 Å². The molecule has 0 aliphatic carbocycles. The molecule has 0 aromatic heterocycles. The van der Waals surface area contributed by atoms with Gasteiger partial charge in [-0.05, 0) is 37.3 Å². The van der Waals surface area contributed by atoms with E-state index in [0.29, 0.717) is 16.7 Å². The lowest BCUT2D eigenvalue weighted by Crippen LogP contribution is -2.52. The Morgan fingerprint density at radius 1 is 1.15 bits per heavy atom.